The van der Waals surface area contributed by atoms with Gasteiger partial charge in [0.05, 0.1) is 11.6 Å². The average molecular weight is 388 g/mol. The van der Waals surface area contributed by atoms with Crippen LogP contribution in [0, 0.1) is 0 Å². The number of aliphatic hydroxyl groups is 2. The molecule has 134 valence electrons. The first-order valence-electron chi connectivity index (χ1n) is 7.30. The maximum Gasteiger partial charge on any atom is 0.138 e. The molecule has 0 amide bonds. The number of nitrogens with zero attached hydrogens (tertiary/aromatic N) is 2. The summed E-state index contributed by atoms with van der Waals surface area (Å²) in [6.45, 7) is 5.43. The van der Waals surface area contributed by atoms with Crippen molar-refractivity contribution >= 4 is 36.4 Å². The van der Waals surface area contributed by atoms with Gasteiger partial charge in [0.2, 0.25) is 0 Å². The molecule has 2 N–H and O–H groups in total. The van der Waals surface area contributed by atoms with Crippen molar-refractivity contribution in [2.45, 2.75) is 6.10 Å². The molecule has 0 aliphatic carbocycles. The molecular formula is C15H25Cl3N2O3. The molecule has 1 aliphatic rings. The Morgan fingerprint density at radius 3 is 2.30 bits per heavy atom. The highest BCUT2D eigenvalue weighted by atomic mass is 35.5. The van der Waals surface area contributed by atoms with Crippen LogP contribution in [0.1, 0.15) is 0 Å². The molecule has 0 bridgehead atoms. The van der Waals surface area contributed by atoms with E-state index in [0.29, 0.717) is 17.3 Å². The summed E-state index contributed by atoms with van der Waals surface area (Å²) in [7, 11) is 0. The molecule has 1 saturated heterocycles. The first kappa shape index (κ1) is 22.7. The largest absolute Gasteiger partial charge is 0.489 e. The number of hydrogen-bond acceptors (Lipinski definition) is 5. The van der Waals surface area contributed by atoms with Gasteiger partial charge in [0, 0.05) is 39.3 Å². The Labute approximate surface area is 155 Å². The van der Waals surface area contributed by atoms with Crippen LogP contribution in [-0.2, 0) is 0 Å². The summed E-state index contributed by atoms with van der Waals surface area (Å²) >= 11 is 6.00. The second kappa shape index (κ2) is 12.1. The van der Waals surface area contributed by atoms with E-state index in [1.54, 1.807) is 12.1 Å². The lowest BCUT2D eigenvalue weighted by Crippen LogP contribution is -2.49. The minimum atomic E-state index is -0.536. The number of para-hydroxylation sites is 1. The Hall–Kier alpha value is -0.270. The van der Waals surface area contributed by atoms with E-state index in [-0.39, 0.29) is 38.0 Å². The van der Waals surface area contributed by atoms with Crippen LogP contribution in [0.2, 0.25) is 5.02 Å². The predicted octanol–water partition coefficient (Wildman–Crippen LogP) is 1.53. The first-order chi connectivity index (χ1) is 10.2. The topological polar surface area (TPSA) is 56.2 Å². The van der Waals surface area contributed by atoms with E-state index in [9.17, 15) is 5.11 Å². The minimum Gasteiger partial charge on any atom is -0.489 e. The van der Waals surface area contributed by atoms with E-state index in [2.05, 4.69) is 9.80 Å². The maximum absolute atomic E-state index is 10.1. The molecular weight excluding hydrogens is 363 g/mol. The molecule has 1 atom stereocenters. The second-order valence-corrected chi connectivity index (χ2v) is 5.67. The van der Waals surface area contributed by atoms with Gasteiger partial charge in [0.1, 0.15) is 18.5 Å². The number of benzene rings is 1. The van der Waals surface area contributed by atoms with Crippen LogP contribution < -0.4 is 4.74 Å². The molecule has 1 unspecified atom stereocenters. The van der Waals surface area contributed by atoms with Gasteiger partial charge in [-0.05, 0) is 12.1 Å². The zero-order chi connectivity index (χ0) is 15.1. The Morgan fingerprint density at radius 1 is 1.09 bits per heavy atom. The molecule has 2 rings (SSSR count). The van der Waals surface area contributed by atoms with Crippen molar-refractivity contribution < 1.29 is 14.9 Å². The smallest absolute Gasteiger partial charge is 0.138 e. The maximum atomic E-state index is 10.1. The SMILES string of the molecule is Cl.Cl.OCCN1CCN(CC(O)COc2ccccc2Cl)CC1. The Bertz CT molecular complexity index is 432. The van der Waals surface area contributed by atoms with Crippen molar-refractivity contribution in [3.05, 3.63) is 29.3 Å². The van der Waals surface area contributed by atoms with Crippen molar-refractivity contribution in [3.63, 3.8) is 0 Å². The molecule has 23 heavy (non-hydrogen) atoms. The fraction of sp³-hybridized carbons (Fsp3) is 0.600. The first-order valence-corrected chi connectivity index (χ1v) is 7.68. The van der Waals surface area contributed by atoms with Gasteiger partial charge < -0.3 is 14.9 Å². The van der Waals surface area contributed by atoms with Gasteiger partial charge >= 0.3 is 0 Å². The molecule has 0 radical (unpaired) electrons. The lowest BCUT2D eigenvalue weighted by Gasteiger charge is -2.35. The number of piperazine rings is 1. The molecule has 0 spiro atoms. The second-order valence-electron chi connectivity index (χ2n) is 5.26. The molecule has 0 saturated carbocycles. The number of halogens is 3. The Morgan fingerprint density at radius 2 is 1.70 bits per heavy atom. The standard InChI is InChI=1S/C15H23ClN2O3.2ClH/c16-14-3-1-2-4-15(14)21-12-13(20)11-18-7-5-17(6-8-18)9-10-19;;/h1-4,13,19-20H,5-12H2;2*1H. The van der Waals surface area contributed by atoms with Crippen LogP contribution in [0.15, 0.2) is 24.3 Å². The highest BCUT2D eigenvalue weighted by Crippen LogP contribution is 2.23. The fourth-order valence-corrected chi connectivity index (χ4v) is 2.63. The summed E-state index contributed by atoms with van der Waals surface area (Å²) in [6.07, 6.45) is -0.536. The third-order valence-electron chi connectivity index (χ3n) is 3.62. The van der Waals surface area contributed by atoms with E-state index < -0.39 is 6.10 Å². The zero-order valence-corrected chi connectivity index (χ0v) is 15.3. The van der Waals surface area contributed by atoms with Crippen LogP contribution in [-0.4, -0.2) is 78.6 Å². The number of aliphatic hydroxyl groups excluding tert-OH is 2. The van der Waals surface area contributed by atoms with Crippen molar-refractivity contribution in [1.82, 2.24) is 9.80 Å². The number of rotatable bonds is 7. The zero-order valence-electron chi connectivity index (χ0n) is 12.9. The third kappa shape index (κ3) is 7.90. The lowest BCUT2D eigenvalue weighted by molar-refractivity contribution is 0.0429. The molecule has 5 nitrogen and oxygen atoms in total. The summed E-state index contributed by atoms with van der Waals surface area (Å²) in [6, 6.07) is 7.26. The number of hydrogen-bond donors (Lipinski definition) is 2. The van der Waals surface area contributed by atoms with Crippen LogP contribution in [0.5, 0.6) is 5.75 Å². The van der Waals surface area contributed by atoms with E-state index >= 15 is 0 Å². The van der Waals surface area contributed by atoms with E-state index in [1.165, 1.54) is 0 Å². The molecule has 1 aliphatic heterocycles. The van der Waals surface area contributed by atoms with Crippen molar-refractivity contribution in [1.29, 1.82) is 0 Å². The van der Waals surface area contributed by atoms with Gasteiger partial charge in [-0.1, -0.05) is 23.7 Å². The lowest BCUT2D eigenvalue weighted by atomic mass is 10.2. The molecule has 1 heterocycles. The van der Waals surface area contributed by atoms with Crippen molar-refractivity contribution in [2.24, 2.45) is 0 Å². The number of ether oxygens (including phenoxy) is 1. The average Bonchev–Trinajstić information content (AvgIpc) is 2.49. The summed E-state index contributed by atoms with van der Waals surface area (Å²) in [5, 5.41) is 19.5. The molecule has 1 aromatic carbocycles. The normalized spacial score (nSPS) is 17.0. The quantitative estimate of drug-likeness (QED) is 0.743. The van der Waals surface area contributed by atoms with Crippen molar-refractivity contribution in [3.8, 4) is 5.75 Å². The van der Waals surface area contributed by atoms with Gasteiger partial charge in [0.15, 0.2) is 0 Å². The van der Waals surface area contributed by atoms with Crippen LogP contribution in [0.4, 0.5) is 0 Å². The summed E-state index contributed by atoms with van der Waals surface area (Å²) in [5.74, 6) is 0.603. The van der Waals surface area contributed by atoms with Crippen LogP contribution >= 0.6 is 36.4 Å². The van der Waals surface area contributed by atoms with Gasteiger partial charge in [-0.2, -0.15) is 0 Å². The molecule has 1 aromatic rings. The summed E-state index contributed by atoms with van der Waals surface area (Å²) in [4.78, 5) is 4.44. The summed E-state index contributed by atoms with van der Waals surface area (Å²) in [5.41, 5.74) is 0. The molecule has 0 aromatic heterocycles. The summed E-state index contributed by atoms with van der Waals surface area (Å²) < 4.78 is 5.55. The van der Waals surface area contributed by atoms with Crippen LogP contribution in [0.3, 0.4) is 0 Å². The van der Waals surface area contributed by atoms with E-state index in [1.807, 2.05) is 12.1 Å². The van der Waals surface area contributed by atoms with Crippen LogP contribution in [0.25, 0.3) is 0 Å². The van der Waals surface area contributed by atoms with Crippen molar-refractivity contribution in [2.75, 3.05) is 52.5 Å². The Balaban J connectivity index is 0.00000242. The number of β-amino-alcohol motifs (C(OH)–C–C–N with tert-alkyl or cyclic N) is 2. The van der Waals surface area contributed by atoms with Gasteiger partial charge in [0.25, 0.3) is 0 Å². The van der Waals surface area contributed by atoms with E-state index in [0.717, 1.165) is 32.7 Å². The third-order valence-corrected chi connectivity index (χ3v) is 3.93. The monoisotopic (exact) mass is 386 g/mol. The minimum absolute atomic E-state index is 0. The fourth-order valence-electron chi connectivity index (χ4n) is 2.44. The molecule has 1 fully saturated rings. The highest BCUT2D eigenvalue weighted by Gasteiger charge is 2.19. The predicted molar refractivity (Wildman–Crippen MR) is 97.4 cm³/mol. The molecule has 8 heteroatoms. The highest BCUT2D eigenvalue weighted by molar-refractivity contribution is 6.32. The van der Waals surface area contributed by atoms with Gasteiger partial charge in [-0.3, -0.25) is 9.80 Å². The van der Waals surface area contributed by atoms with Gasteiger partial charge in [-0.15, -0.1) is 24.8 Å². The van der Waals surface area contributed by atoms with E-state index in [4.69, 9.17) is 21.4 Å². The Kier molecular flexibility index (Phi) is 12.0. The van der Waals surface area contributed by atoms with Gasteiger partial charge in [-0.25, -0.2) is 0 Å².